The van der Waals surface area contributed by atoms with Gasteiger partial charge in [-0.05, 0) is 24.6 Å². The van der Waals surface area contributed by atoms with Gasteiger partial charge in [-0.25, -0.2) is 0 Å². The van der Waals surface area contributed by atoms with Crippen molar-refractivity contribution in [1.29, 1.82) is 0 Å². The van der Waals surface area contributed by atoms with Gasteiger partial charge in [-0.1, -0.05) is 48.0 Å². The van der Waals surface area contributed by atoms with Gasteiger partial charge in [0.05, 0.1) is 13.7 Å². The van der Waals surface area contributed by atoms with Crippen LogP contribution in [0, 0.1) is 6.92 Å². The topological polar surface area (TPSA) is 41.6 Å². The Morgan fingerprint density at radius 2 is 1.91 bits per heavy atom. The maximum atomic E-state index is 11.6. The van der Waals surface area contributed by atoms with E-state index in [2.05, 4.69) is 24.4 Å². The number of nitrogens with zero attached hydrogens (tertiary/aromatic N) is 1. The average Bonchev–Trinajstić information content (AvgIpc) is 2.58. The Bertz CT molecular complexity index is 614. The highest BCUT2D eigenvalue weighted by atomic mass is 16.5. The summed E-state index contributed by atoms with van der Waals surface area (Å²) in [7, 11) is 1.65. The molecule has 1 heterocycles. The number of amides is 1. The van der Waals surface area contributed by atoms with Crippen LogP contribution in [0.3, 0.4) is 0 Å². The second-order valence-electron chi connectivity index (χ2n) is 5.50. The predicted molar refractivity (Wildman–Crippen MR) is 92.5 cm³/mol. The van der Waals surface area contributed by atoms with Crippen LogP contribution in [-0.4, -0.2) is 37.6 Å². The van der Waals surface area contributed by atoms with Crippen LogP contribution in [-0.2, 0) is 11.3 Å². The van der Waals surface area contributed by atoms with Crippen molar-refractivity contribution >= 4 is 5.91 Å². The minimum Gasteiger partial charge on any atom is -0.497 e. The molecule has 2 aromatic rings. The van der Waals surface area contributed by atoms with Crippen molar-refractivity contribution in [3.05, 3.63) is 65.7 Å². The Hall–Kier alpha value is -2.33. The first-order chi connectivity index (χ1) is 11.2. The molecular formula is C19H24N2O2. The van der Waals surface area contributed by atoms with E-state index in [1.165, 1.54) is 5.56 Å². The van der Waals surface area contributed by atoms with Crippen LogP contribution in [0.1, 0.15) is 11.1 Å². The fourth-order valence-electron chi connectivity index (χ4n) is 2.34. The number of piperazine rings is 1. The third-order valence-electron chi connectivity index (χ3n) is 3.64. The van der Waals surface area contributed by atoms with E-state index >= 15 is 0 Å². The lowest BCUT2D eigenvalue weighted by atomic mass is 10.2. The summed E-state index contributed by atoms with van der Waals surface area (Å²) >= 11 is 0. The number of carbonyl (C=O) groups excluding carboxylic acids is 1. The maximum Gasteiger partial charge on any atom is 0.236 e. The molecule has 0 spiro atoms. The summed E-state index contributed by atoms with van der Waals surface area (Å²) in [6.07, 6.45) is 0. The summed E-state index contributed by atoms with van der Waals surface area (Å²) in [6, 6.07) is 18.1. The van der Waals surface area contributed by atoms with Gasteiger partial charge in [-0.15, -0.1) is 0 Å². The smallest absolute Gasteiger partial charge is 0.236 e. The molecule has 0 aromatic heterocycles. The molecule has 1 N–H and O–H groups in total. The summed E-state index contributed by atoms with van der Waals surface area (Å²) in [5, 5.41) is 3.06. The fourth-order valence-corrected chi connectivity index (χ4v) is 2.34. The van der Waals surface area contributed by atoms with Crippen LogP contribution >= 0.6 is 0 Å². The van der Waals surface area contributed by atoms with Crippen LogP contribution in [0.4, 0.5) is 0 Å². The van der Waals surface area contributed by atoms with Gasteiger partial charge in [0.1, 0.15) is 5.75 Å². The number of nitrogens with one attached hydrogen (secondary N) is 1. The zero-order chi connectivity index (χ0) is 16.5. The second kappa shape index (κ2) is 8.96. The van der Waals surface area contributed by atoms with Gasteiger partial charge in [0, 0.05) is 19.6 Å². The van der Waals surface area contributed by atoms with E-state index < -0.39 is 0 Å². The molecule has 0 saturated carbocycles. The number of carbonyl (C=O) groups is 1. The minimum atomic E-state index is 0.161. The lowest BCUT2D eigenvalue weighted by molar-refractivity contribution is -0.132. The monoisotopic (exact) mass is 312 g/mol. The molecule has 1 amide bonds. The van der Waals surface area contributed by atoms with Crippen molar-refractivity contribution in [2.75, 3.05) is 26.7 Å². The quantitative estimate of drug-likeness (QED) is 0.947. The van der Waals surface area contributed by atoms with Crippen LogP contribution in [0.2, 0.25) is 0 Å². The van der Waals surface area contributed by atoms with Gasteiger partial charge in [0.2, 0.25) is 5.91 Å². The molecular weight excluding hydrogens is 288 g/mol. The third kappa shape index (κ3) is 5.75. The molecule has 0 unspecified atom stereocenters. The van der Waals surface area contributed by atoms with Crippen molar-refractivity contribution < 1.29 is 9.53 Å². The number of ether oxygens (including phenoxy) is 1. The zero-order valence-electron chi connectivity index (χ0n) is 13.8. The van der Waals surface area contributed by atoms with E-state index in [0.29, 0.717) is 13.1 Å². The van der Waals surface area contributed by atoms with Crippen LogP contribution in [0.15, 0.2) is 54.6 Å². The summed E-state index contributed by atoms with van der Waals surface area (Å²) in [5.74, 6) is 0.995. The van der Waals surface area contributed by atoms with Gasteiger partial charge < -0.3 is 15.0 Å². The van der Waals surface area contributed by atoms with Crippen molar-refractivity contribution in [3.63, 3.8) is 0 Å². The largest absolute Gasteiger partial charge is 0.497 e. The van der Waals surface area contributed by atoms with Crippen molar-refractivity contribution in [2.45, 2.75) is 13.5 Å². The standard InChI is InChI=1S/C12H16N2O2.C7H8/c1-16-11-4-2-3-10(7-11)9-14-6-5-13-8-12(14)15;1-7-5-3-2-4-6-7/h2-4,7,13H,5-6,8-9H2,1H3;2-6H,1H3. The summed E-state index contributed by atoms with van der Waals surface area (Å²) in [4.78, 5) is 13.5. The second-order valence-corrected chi connectivity index (χ2v) is 5.50. The van der Waals surface area contributed by atoms with Gasteiger partial charge >= 0.3 is 0 Å². The van der Waals surface area contributed by atoms with Crippen molar-refractivity contribution in [2.24, 2.45) is 0 Å². The van der Waals surface area contributed by atoms with Gasteiger partial charge in [0.15, 0.2) is 0 Å². The van der Waals surface area contributed by atoms with E-state index in [0.717, 1.165) is 24.4 Å². The Balaban J connectivity index is 0.000000229. The molecule has 1 aliphatic heterocycles. The first kappa shape index (κ1) is 17.0. The van der Waals surface area contributed by atoms with Gasteiger partial charge in [-0.3, -0.25) is 4.79 Å². The minimum absolute atomic E-state index is 0.161. The molecule has 122 valence electrons. The number of aryl methyl sites for hydroxylation is 1. The van der Waals surface area contributed by atoms with E-state index in [9.17, 15) is 4.79 Å². The summed E-state index contributed by atoms with van der Waals surface area (Å²) in [5.41, 5.74) is 2.43. The Labute approximate surface area is 138 Å². The van der Waals surface area contributed by atoms with E-state index in [1.807, 2.05) is 47.4 Å². The molecule has 1 fully saturated rings. The summed E-state index contributed by atoms with van der Waals surface area (Å²) < 4.78 is 5.16. The number of rotatable bonds is 3. The van der Waals surface area contributed by atoms with Crippen LogP contribution < -0.4 is 10.1 Å². The molecule has 4 nitrogen and oxygen atoms in total. The van der Waals surface area contributed by atoms with Crippen molar-refractivity contribution in [3.8, 4) is 5.75 Å². The normalized spacial score (nSPS) is 14.0. The van der Waals surface area contributed by atoms with E-state index in [4.69, 9.17) is 4.74 Å². The molecule has 1 saturated heterocycles. The lowest BCUT2D eigenvalue weighted by Crippen LogP contribution is -2.47. The first-order valence-electron chi connectivity index (χ1n) is 7.82. The predicted octanol–water partition coefficient (Wildman–Crippen LogP) is 2.62. The summed E-state index contributed by atoms with van der Waals surface area (Å²) in [6.45, 7) is 4.84. The highest BCUT2D eigenvalue weighted by Crippen LogP contribution is 2.14. The van der Waals surface area contributed by atoms with Gasteiger partial charge in [0.25, 0.3) is 0 Å². The Morgan fingerprint density at radius 3 is 2.52 bits per heavy atom. The maximum absolute atomic E-state index is 11.6. The van der Waals surface area contributed by atoms with Crippen LogP contribution in [0.25, 0.3) is 0 Å². The number of hydrogen-bond acceptors (Lipinski definition) is 3. The molecule has 0 bridgehead atoms. The van der Waals surface area contributed by atoms with Gasteiger partial charge in [-0.2, -0.15) is 0 Å². The van der Waals surface area contributed by atoms with E-state index in [1.54, 1.807) is 7.11 Å². The molecule has 2 aromatic carbocycles. The number of methoxy groups -OCH3 is 1. The molecule has 0 aliphatic carbocycles. The Kier molecular flexibility index (Phi) is 6.63. The lowest BCUT2D eigenvalue weighted by Gasteiger charge is -2.27. The molecule has 4 heteroatoms. The fraction of sp³-hybridized carbons (Fsp3) is 0.316. The molecule has 0 atom stereocenters. The molecule has 1 aliphatic rings. The Morgan fingerprint density at radius 1 is 1.13 bits per heavy atom. The zero-order valence-corrected chi connectivity index (χ0v) is 13.8. The molecule has 23 heavy (non-hydrogen) atoms. The van der Waals surface area contributed by atoms with Crippen molar-refractivity contribution in [1.82, 2.24) is 10.2 Å². The number of hydrogen-bond donors (Lipinski definition) is 1. The highest BCUT2D eigenvalue weighted by Gasteiger charge is 2.17. The van der Waals surface area contributed by atoms with Crippen LogP contribution in [0.5, 0.6) is 5.75 Å². The molecule has 0 radical (unpaired) electrons. The third-order valence-corrected chi connectivity index (χ3v) is 3.64. The highest BCUT2D eigenvalue weighted by molar-refractivity contribution is 5.79. The van der Waals surface area contributed by atoms with E-state index in [-0.39, 0.29) is 5.91 Å². The average molecular weight is 312 g/mol. The first-order valence-corrected chi connectivity index (χ1v) is 7.82. The molecule has 3 rings (SSSR count). The SMILES string of the molecule is COc1cccc(CN2CCNCC2=O)c1.Cc1ccccc1. The number of benzene rings is 2.